The van der Waals surface area contributed by atoms with E-state index in [1.165, 1.54) is 0 Å². The van der Waals surface area contributed by atoms with Crippen LogP contribution in [0.15, 0.2) is 28.9 Å². The third-order valence-electron chi connectivity index (χ3n) is 6.19. The predicted molar refractivity (Wildman–Crippen MR) is 142 cm³/mol. The van der Waals surface area contributed by atoms with E-state index in [0.717, 1.165) is 40.1 Å². The van der Waals surface area contributed by atoms with Crippen LogP contribution >= 0.6 is 0 Å². The lowest BCUT2D eigenvalue weighted by atomic mass is 10.0. The van der Waals surface area contributed by atoms with Gasteiger partial charge in [0.1, 0.15) is 30.9 Å². The highest BCUT2D eigenvalue weighted by atomic mass is 16.5. The molecule has 0 fully saturated rings. The normalized spacial score (nSPS) is 12.0. The maximum absolute atomic E-state index is 11.2. The summed E-state index contributed by atoms with van der Waals surface area (Å²) in [5, 5.41) is 25.5. The zero-order chi connectivity index (χ0) is 27.1. The first-order valence-electron chi connectivity index (χ1n) is 12.6. The zero-order valence-electron chi connectivity index (χ0n) is 22.4. The lowest BCUT2D eigenvalue weighted by Crippen LogP contribution is -2.36. The topological polar surface area (TPSA) is 134 Å². The van der Waals surface area contributed by atoms with Gasteiger partial charge in [-0.2, -0.15) is 4.98 Å². The van der Waals surface area contributed by atoms with Crippen molar-refractivity contribution in [1.29, 1.82) is 0 Å². The SMILES string of the molecule is CCc1cc(-c2nc(-c3cc(C)c(OC[C@@H](O)CNC(=O)CO)c(CC)c3)no2)cnc1N(C)C(C)C. The molecule has 200 valence electrons. The summed E-state index contributed by atoms with van der Waals surface area (Å²) in [7, 11) is 2.04. The average Bonchev–Trinajstić information content (AvgIpc) is 3.40. The minimum Gasteiger partial charge on any atom is -0.490 e. The van der Waals surface area contributed by atoms with E-state index in [0.29, 0.717) is 29.9 Å². The molecule has 0 bridgehead atoms. The molecule has 10 nitrogen and oxygen atoms in total. The Kier molecular flexibility index (Phi) is 9.60. The van der Waals surface area contributed by atoms with E-state index in [4.69, 9.17) is 14.4 Å². The minimum absolute atomic E-state index is 0.00000862. The van der Waals surface area contributed by atoms with Crippen LogP contribution in [0.1, 0.15) is 44.4 Å². The number of amides is 1. The van der Waals surface area contributed by atoms with Crippen LogP contribution in [-0.2, 0) is 17.6 Å². The van der Waals surface area contributed by atoms with Gasteiger partial charge in [-0.15, -0.1) is 0 Å². The number of hydrogen-bond acceptors (Lipinski definition) is 9. The van der Waals surface area contributed by atoms with Crippen LogP contribution in [0.5, 0.6) is 5.75 Å². The molecule has 0 spiro atoms. The van der Waals surface area contributed by atoms with Crippen molar-refractivity contribution in [2.24, 2.45) is 0 Å². The van der Waals surface area contributed by atoms with Crippen molar-refractivity contribution < 1.29 is 24.3 Å². The molecule has 0 unspecified atom stereocenters. The number of pyridine rings is 1. The summed E-state index contributed by atoms with van der Waals surface area (Å²) < 4.78 is 11.5. The number of carbonyl (C=O) groups is 1. The second-order valence-corrected chi connectivity index (χ2v) is 9.25. The van der Waals surface area contributed by atoms with Crippen LogP contribution in [0.3, 0.4) is 0 Å². The van der Waals surface area contributed by atoms with E-state index in [2.05, 4.69) is 46.1 Å². The van der Waals surface area contributed by atoms with Gasteiger partial charge in [0.15, 0.2) is 0 Å². The first-order valence-corrected chi connectivity index (χ1v) is 12.6. The Balaban J connectivity index is 1.80. The van der Waals surface area contributed by atoms with Crippen molar-refractivity contribution in [2.45, 2.75) is 59.6 Å². The summed E-state index contributed by atoms with van der Waals surface area (Å²) in [6.07, 6.45) is 2.38. The molecular formula is C27H37N5O5. The number of ether oxygens (including phenoxy) is 1. The number of benzene rings is 1. The molecule has 3 N–H and O–H groups in total. The molecule has 1 atom stereocenters. The highest BCUT2D eigenvalue weighted by molar-refractivity contribution is 5.76. The Bertz CT molecular complexity index is 1210. The van der Waals surface area contributed by atoms with E-state index >= 15 is 0 Å². The molecule has 0 saturated carbocycles. The second-order valence-electron chi connectivity index (χ2n) is 9.25. The van der Waals surface area contributed by atoms with Crippen molar-refractivity contribution in [1.82, 2.24) is 20.4 Å². The van der Waals surface area contributed by atoms with Crippen LogP contribution in [-0.4, -0.2) is 70.2 Å². The van der Waals surface area contributed by atoms with Crippen molar-refractivity contribution in [2.75, 3.05) is 31.7 Å². The Morgan fingerprint density at radius 1 is 1.16 bits per heavy atom. The smallest absolute Gasteiger partial charge is 0.259 e. The lowest BCUT2D eigenvalue weighted by molar-refractivity contribution is -0.124. The Morgan fingerprint density at radius 3 is 2.51 bits per heavy atom. The van der Waals surface area contributed by atoms with Gasteiger partial charge in [-0.1, -0.05) is 19.0 Å². The maximum Gasteiger partial charge on any atom is 0.259 e. The molecule has 3 rings (SSSR count). The first kappa shape index (κ1) is 28.1. The standard InChI is InChI=1S/C27H37N5O5/c1-7-18-10-20(9-17(5)24(18)36-15-22(34)13-28-23(35)14-33)25-30-27(37-31-25)21-11-19(8-2)26(29-12-21)32(6)16(3)4/h9-12,16,22,33-34H,7-8,13-15H2,1-6H3,(H,28,35)/t22-/m0/s1. The number of aliphatic hydroxyl groups excluding tert-OH is 2. The van der Waals surface area contributed by atoms with Gasteiger partial charge in [-0.05, 0) is 68.5 Å². The number of aromatic nitrogens is 3. The number of aliphatic hydroxyl groups is 2. The maximum atomic E-state index is 11.2. The Hall–Kier alpha value is -3.50. The molecule has 2 heterocycles. The molecule has 0 aliphatic heterocycles. The third-order valence-corrected chi connectivity index (χ3v) is 6.19. The van der Waals surface area contributed by atoms with Crippen molar-refractivity contribution in [3.8, 4) is 28.6 Å². The number of nitrogens with zero attached hydrogens (tertiary/aromatic N) is 4. The lowest BCUT2D eigenvalue weighted by Gasteiger charge is -2.25. The molecule has 0 radical (unpaired) electrons. The van der Waals surface area contributed by atoms with E-state index in [1.54, 1.807) is 6.20 Å². The highest BCUT2D eigenvalue weighted by Gasteiger charge is 2.18. The fraction of sp³-hybridized carbons (Fsp3) is 0.481. The van der Waals surface area contributed by atoms with E-state index in [-0.39, 0.29) is 13.2 Å². The summed E-state index contributed by atoms with van der Waals surface area (Å²) in [6, 6.07) is 6.25. The monoisotopic (exact) mass is 511 g/mol. The minimum atomic E-state index is -0.910. The Morgan fingerprint density at radius 2 is 1.86 bits per heavy atom. The summed E-state index contributed by atoms with van der Waals surface area (Å²) >= 11 is 0. The predicted octanol–water partition coefficient (Wildman–Crippen LogP) is 2.92. The summed E-state index contributed by atoms with van der Waals surface area (Å²) in [4.78, 5) is 22.6. The van der Waals surface area contributed by atoms with Crippen LogP contribution in [0.4, 0.5) is 5.82 Å². The fourth-order valence-corrected chi connectivity index (χ4v) is 3.87. The van der Waals surface area contributed by atoms with Gasteiger partial charge in [0.05, 0.1) is 5.56 Å². The van der Waals surface area contributed by atoms with E-state index in [1.807, 2.05) is 39.1 Å². The number of rotatable bonds is 12. The van der Waals surface area contributed by atoms with Crippen LogP contribution in [0.2, 0.25) is 0 Å². The number of carbonyl (C=O) groups excluding carboxylic acids is 1. The van der Waals surface area contributed by atoms with Gasteiger partial charge in [-0.3, -0.25) is 4.79 Å². The van der Waals surface area contributed by atoms with Gasteiger partial charge >= 0.3 is 0 Å². The fourth-order valence-electron chi connectivity index (χ4n) is 3.87. The van der Waals surface area contributed by atoms with Crippen LogP contribution in [0, 0.1) is 6.92 Å². The average molecular weight is 512 g/mol. The van der Waals surface area contributed by atoms with Gasteiger partial charge in [0, 0.05) is 31.4 Å². The van der Waals surface area contributed by atoms with Crippen molar-refractivity contribution in [3.05, 3.63) is 41.1 Å². The first-order chi connectivity index (χ1) is 17.7. The molecule has 1 amide bonds. The van der Waals surface area contributed by atoms with Gasteiger partial charge in [-0.25, -0.2) is 4.98 Å². The molecular weight excluding hydrogens is 474 g/mol. The van der Waals surface area contributed by atoms with Gasteiger partial charge in [0.25, 0.3) is 5.89 Å². The summed E-state index contributed by atoms with van der Waals surface area (Å²) in [5.74, 6) is 1.94. The molecule has 0 saturated heterocycles. The summed E-state index contributed by atoms with van der Waals surface area (Å²) in [6.45, 7) is 9.65. The molecule has 37 heavy (non-hydrogen) atoms. The third kappa shape index (κ3) is 6.84. The molecule has 0 aliphatic rings. The highest BCUT2D eigenvalue weighted by Crippen LogP contribution is 2.32. The van der Waals surface area contributed by atoms with Crippen LogP contribution < -0.4 is 15.0 Å². The van der Waals surface area contributed by atoms with Crippen molar-refractivity contribution >= 4 is 11.7 Å². The molecule has 10 heteroatoms. The largest absolute Gasteiger partial charge is 0.490 e. The molecule has 0 aliphatic carbocycles. The molecule has 3 aromatic rings. The zero-order valence-corrected chi connectivity index (χ0v) is 22.4. The number of anilines is 1. The molecule has 2 aromatic heterocycles. The number of nitrogens with one attached hydrogen (secondary N) is 1. The quantitative estimate of drug-likeness (QED) is 0.335. The number of hydrogen-bond donors (Lipinski definition) is 3. The second kappa shape index (κ2) is 12.6. The van der Waals surface area contributed by atoms with Crippen LogP contribution in [0.25, 0.3) is 22.8 Å². The van der Waals surface area contributed by atoms with E-state index < -0.39 is 18.6 Å². The van der Waals surface area contributed by atoms with Crippen molar-refractivity contribution in [3.63, 3.8) is 0 Å². The van der Waals surface area contributed by atoms with Gasteiger partial charge < -0.3 is 29.7 Å². The van der Waals surface area contributed by atoms with Gasteiger partial charge in [0.2, 0.25) is 11.7 Å². The molecule has 1 aromatic carbocycles. The Labute approximate surface area is 217 Å². The number of aryl methyl sites for hydroxylation is 3. The van der Waals surface area contributed by atoms with E-state index in [9.17, 15) is 9.90 Å². The summed E-state index contributed by atoms with van der Waals surface area (Å²) in [5.41, 5.74) is 4.47.